The third kappa shape index (κ3) is 7.30. The van der Waals surface area contributed by atoms with Crippen molar-refractivity contribution >= 4 is 21.7 Å². The number of anilines is 1. The van der Waals surface area contributed by atoms with Gasteiger partial charge in [-0.05, 0) is 90.6 Å². The molecular formula is C35H49FN6O6S. The molecule has 1 N–H and O–H groups in total. The molecule has 4 aliphatic heterocycles. The highest BCUT2D eigenvalue weighted by molar-refractivity contribution is 7.89. The fraction of sp³-hybridized carbons (Fsp3) is 0.686. The molecule has 12 nitrogen and oxygen atoms in total. The molecule has 5 aliphatic rings. The van der Waals surface area contributed by atoms with Gasteiger partial charge in [0.1, 0.15) is 17.9 Å². The van der Waals surface area contributed by atoms with E-state index in [0.717, 1.165) is 84.5 Å². The number of amides is 1. The molecule has 14 heteroatoms. The van der Waals surface area contributed by atoms with Crippen molar-refractivity contribution in [3.63, 3.8) is 0 Å². The maximum Gasteiger partial charge on any atom is 0.258 e. The number of halogens is 1. The molecule has 1 amide bonds. The van der Waals surface area contributed by atoms with Crippen molar-refractivity contribution < 1.29 is 31.8 Å². The van der Waals surface area contributed by atoms with E-state index in [9.17, 15) is 17.6 Å². The van der Waals surface area contributed by atoms with Gasteiger partial charge in [-0.15, -0.1) is 0 Å². The molecule has 268 valence electrons. The maximum absolute atomic E-state index is 14.6. The normalized spacial score (nSPS) is 25.1. The Bertz CT molecular complexity index is 1610. The van der Waals surface area contributed by atoms with Crippen molar-refractivity contribution in [2.75, 3.05) is 63.2 Å². The SMILES string of the molecule is CCS(=O)(=O)N[C@@H]1CC[C@@H](CN2CCC3(CC2)CN(c2ncncc2Oc2ccc(F)cc2C(=O)N(C(C)C)C2CC4(COC4)C2)C3)OC1. The van der Waals surface area contributed by atoms with Crippen molar-refractivity contribution in [1.82, 2.24) is 24.5 Å². The van der Waals surface area contributed by atoms with E-state index in [1.165, 1.54) is 24.5 Å². The minimum atomic E-state index is -3.23. The second kappa shape index (κ2) is 13.7. The molecule has 1 aromatic carbocycles. The minimum absolute atomic E-state index is 0.0529. The van der Waals surface area contributed by atoms with E-state index in [1.807, 2.05) is 18.7 Å². The predicted octanol–water partition coefficient (Wildman–Crippen LogP) is 3.83. The average Bonchev–Trinajstić information content (AvgIpc) is 3.02. The van der Waals surface area contributed by atoms with Gasteiger partial charge in [0.15, 0.2) is 11.6 Å². The number of carbonyl (C=O) groups is 1. The molecule has 1 saturated carbocycles. The van der Waals surface area contributed by atoms with Crippen LogP contribution in [0.1, 0.15) is 69.7 Å². The lowest BCUT2D eigenvalue weighted by Gasteiger charge is -2.56. The number of ether oxygens (including phenoxy) is 3. The molecule has 7 rings (SSSR count). The zero-order valence-corrected chi connectivity index (χ0v) is 29.6. The van der Waals surface area contributed by atoms with Gasteiger partial charge < -0.3 is 28.9 Å². The van der Waals surface area contributed by atoms with E-state index in [2.05, 4.69) is 24.5 Å². The quantitative estimate of drug-likeness (QED) is 0.370. The topological polar surface area (TPSA) is 126 Å². The third-order valence-corrected chi connectivity index (χ3v) is 12.7. The summed E-state index contributed by atoms with van der Waals surface area (Å²) in [4.78, 5) is 29.3. The van der Waals surface area contributed by atoms with E-state index in [1.54, 1.807) is 13.1 Å². The van der Waals surface area contributed by atoms with E-state index in [4.69, 9.17) is 14.2 Å². The fourth-order valence-electron chi connectivity index (χ4n) is 8.33. The highest BCUT2D eigenvalue weighted by Gasteiger charge is 2.53. The lowest BCUT2D eigenvalue weighted by Crippen LogP contribution is -2.62. The Morgan fingerprint density at radius 2 is 1.90 bits per heavy atom. The third-order valence-electron chi connectivity index (χ3n) is 11.2. The Morgan fingerprint density at radius 1 is 1.14 bits per heavy atom. The summed E-state index contributed by atoms with van der Waals surface area (Å²) in [7, 11) is -3.23. The molecule has 2 atom stereocenters. The number of carbonyl (C=O) groups excluding carboxylic acids is 1. The zero-order chi connectivity index (χ0) is 34.4. The first kappa shape index (κ1) is 34.5. The number of hydrogen-bond acceptors (Lipinski definition) is 10. The summed E-state index contributed by atoms with van der Waals surface area (Å²) in [5, 5.41) is 0. The standard InChI is InChI=1S/C35H49FN6O6S/c1-4-49(44,45)39-26-6-7-28(47-18-26)17-40-11-9-34(10-12-40)19-41(20-34)32-31(16-37-23-38-32)48-30-8-5-25(36)13-29(30)33(43)42(24(2)3)27-14-35(15-27)21-46-22-35/h5,8,13,16,23-24,26-28,39H,4,6-7,9-12,14-15,17-22H2,1-3H3/t26-,28+/m1/s1. The number of piperidine rings is 1. The zero-order valence-electron chi connectivity index (χ0n) is 28.8. The van der Waals surface area contributed by atoms with Gasteiger partial charge in [-0.2, -0.15) is 0 Å². The van der Waals surface area contributed by atoms with Crippen LogP contribution < -0.4 is 14.4 Å². The molecule has 0 unspecified atom stereocenters. The molecule has 4 saturated heterocycles. The smallest absolute Gasteiger partial charge is 0.258 e. The highest BCUT2D eigenvalue weighted by atomic mass is 32.2. The van der Waals surface area contributed by atoms with Crippen LogP contribution in [-0.2, 0) is 19.5 Å². The summed E-state index contributed by atoms with van der Waals surface area (Å²) < 4.78 is 59.0. The van der Waals surface area contributed by atoms with Crippen LogP contribution in [0.5, 0.6) is 11.5 Å². The van der Waals surface area contributed by atoms with Crippen molar-refractivity contribution in [3.05, 3.63) is 42.1 Å². The van der Waals surface area contributed by atoms with Crippen LogP contribution in [-0.4, -0.2) is 117 Å². The molecular weight excluding hydrogens is 651 g/mol. The molecule has 2 spiro atoms. The Labute approximate surface area is 288 Å². The van der Waals surface area contributed by atoms with Gasteiger partial charge in [0.2, 0.25) is 10.0 Å². The van der Waals surface area contributed by atoms with Crippen LogP contribution in [0.25, 0.3) is 0 Å². The van der Waals surface area contributed by atoms with Gasteiger partial charge in [0.05, 0.1) is 43.4 Å². The lowest BCUT2D eigenvalue weighted by molar-refractivity contribution is -0.181. The number of aromatic nitrogens is 2. The van der Waals surface area contributed by atoms with Crippen LogP contribution in [0.4, 0.5) is 10.2 Å². The Balaban J connectivity index is 0.949. The van der Waals surface area contributed by atoms with E-state index < -0.39 is 15.8 Å². The van der Waals surface area contributed by atoms with E-state index in [-0.39, 0.29) is 58.0 Å². The number of nitrogens with zero attached hydrogens (tertiary/aromatic N) is 5. The highest BCUT2D eigenvalue weighted by Crippen LogP contribution is 2.50. The van der Waals surface area contributed by atoms with Crippen molar-refractivity contribution in [3.8, 4) is 11.5 Å². The predicted molar refractivity (Wildman–Crippen MR) is 182 cm³/mol. The first-order valence-corrected chi connectivity index (χ1v) is 19.4. The summed E-state index contributed by atoms with van der Waals surface area (Å²) in [6, 6.07) is 4.00. The maximum atomic E-state index is 14.6. The van der Waals surface area contributed by atoms with Crippen LogP contribution in [0, 0.1) is 16.6 Å². The minimum Gasteiger partial charge on any atom is -0.451 e. The Morgan fingerprint density at radius 3 is 2.53 bits per heavy atom. The second-order valence-electron chi connectivity index (χ2n) is 15.2. The average molecular weight is 701 g/mol. The molecule has 1 aliphatic carbocycles. The van der Waals surface area contributed by atoms with Gasteiger partial charge >= 0.3 is 0 Å². The van der Waals surface area contributed by atoms with Crippen LogP contribution >= 0.6 is 0 Å². The van der Waals surface area contributed by atoms with Crippen molar-refractivity contribution in [2.45, 2.75) is 83.5 Å². The van der Waals surface area contributed by atoms with Crippen LogP contribution in [0.3, 0.4) is 0 Å². The summed E-state index contributed by atoms with van der Waals surface area (Å²) in [5.41, 5.74) is 0.576. The number of likely N-dealkylation sites (tertiary alicyclic amines) is 1. The number of nitrogens with one attached hydrogen (secondary N) is 1. The molecule has 0 bridgehead atoms. The van der Waals surface area contributed by atoms with E-state index >= 15 is 0 Å². The molecule has 5 heterocycles. The van der Waals surface area contributed by atoms with Crippen LogP contribution in [0.15, 0.2) is 30.7 Å². The van der Waals surface area contributed by atoms with Crippen LogP contribution in [0.2, 0.25) is 0 Å². The summed E-state index contributed by atoms with van der Waals surface area (Å²) in [6.07, 6.45) is 8.79. The van der Waals surface area contributed by atoms with Crippen molar-refractivity contribution in [1.29, 1.82) is 0 Å². The van der Waals surface area contributed by atoms with E-state index in [0.29, 0.717) is 18.2 Å². The lowest BCUT2D eigenvalue weighted by atomic mass is 9.63. The number of benzene rings is 1. The summed E-state index contributed by atoms with van der Waals surface area (Å²) in [6.45, 7) is 12.1. The molecule has 2 aromatic rings. The molecule has 0 radical (unpaired) electrons. The molecule has 49 heavy (non-hydrogen) atoms. The van der Waals surface area contributed by atoms with Crippen molar-refractivity contribution in [2.24, 2.45) is 10.8 Å². The molecule has 5 fully saturated rings. The largest absolute Gasteiger partial charge is 0.451 e. The Kier molecular flexibility index (Phi) is 9.63. The number of sulfonamides is 1. The Hall–Kier alpha value is -2.91. The first-order chi connectivity index (χ1) is 23.5. The van der Waals surface area contributed by atoms with Gasteiger partial charge in [-0.3, -0.25) is 4.79 Å². The number of hydrogen-bond donors (Lipinski definition) is 1. The van der Waals surface area contributed by atoms with Gasteiger partial charge in [0.25, 0.3) is 5.91 Å². The summed E-state index contributed by atoms with van der Waals surface area (Å²) >= 11 is 0. The summed E-state index contributed by atoms with van der Waals surface area (Å²) in [5.74, 6) is 0.748. The van der Waals surface area contributed by atoms with Gasteiger partial charge in [-0.1, -0.05) is 0 Å². The fourth-order valence-corrected chi connectivity index (χ4v) is 9.19. The second-order valence-corrected chi connectivity index (χ2v) is 17.3. The molecule has 1 aromatic heterocycles. The monoisotopic (exact) mass is 700 g/mol. The van der Waals surface area contributed by atoms with Gasteiger partial charge in [-0.25, -0.2) is 27.5 Å². The van der Waals surface area contributed by atoms with Gasteiger partial charge in [0, 0.05) is 48.6 Å². The first-order valence-electron chi connectivity index (χ1n) is 17.7. The number of rotatable bonds is 11.